The Morgan fingerprint density at radius 3 is 2.80 bits per heavy atom. The quantitative estimate of drug-likeness (QED) is 0.875. The van der Waals surface area contributed by atoms with Crippen molar-refractivity contribution in [3.05, 3.63) is 41.8 Å². The number of carbonyl (C=O) groups excluding carboxylic acids is 1. The molecule has 25 heavy (non-hydrogen) atoms. The van der Waals surface area contributed by atoms with Crippen LogP contribution in [0.5, 0.6) is 0 Å². The monoisotopic (exact) mass is 343 g/mol. The van der Waals surface area contributed by atoms with E-state index in [1.165, 1.54) is 18.6 Å². The van der Waals surface area contributed by atoms with E-state index in [-0.39, 0.29) is 29.3 Å². The minimum absolute atomic E-state index is 0.130. The molecule has 1 amide bonds. The van der Waals surface area contributed by atoms with Crippen LogP contribution in [0.1, 0.15) is 43.1 Å². The molecule has 1 heterocycles. The van der Waals surface area contributed by atoms with Crippen molar-refractivity contribution in [1.29, 1.82) is 0 Å². The molecule has 6 heteroatoms. The van der Waals surface area contributed by atoms with Crippen LogP contribution in [0.25, 0.3) is 11.3 Å². The van der Waals surface area contributed by atoms with Crippen molar-refractivity contribution >= 4 is 5.91 Å². The molecule has 1 aromatic carbocycles. The maximum Gasteiger partial charge on any atom is 0.269 e. The number of rotatable bonds is 5. The molecule has 0 radical (unpaired) electrons. The molecule has 0 bridgehead atoms. The second-order valence-electron chi connectivity index (χ2n) is 6.97. The molecule has 2 N–H and O–H groups in total. The first-order valence-electron chi connectivity index (χ1n) is 8.86. The largest absolute Gasteiger partial charge is 0.378 e. The van der Waals surface area contributed by atoms with Gasteiger partial charge in [0.25, 0.3) is 5.91 Å². The van der Waals surface area contributed by atoms with Crippen molar-refractivity contribution in [2.24, 2.45) is 5.41 Å². The molecule has 132 valence electrons. The van der Waals surface area contributed by atoms with E-state index in [4.69, 9.17) is 4.74 Å². The number of aromatic nitrogens is 2. The highest BCUT2D eigenvalue weighted by Gasteiger charge is 2.59. The number of benzene rings is 1. The van der Waals surface area contributed by atoms with Gasteiger partial charge in [0.2, 0.25) is 0 Å². The molecule has 2 aromatic rings. The van der Waals surface area contributed by atoms with Gasteiger partial charge in [0.05, 0.1) is 11.8 Å². The van der Waals surface area contributed by atoms with Crippen molar-refractivity contribution in [1.82, 2.24) is 15.5 Å². The molecule has 2 fully saturated rings. The van der Waals surface area contributed by atoms with Crippen LogP contribution in [0.3, 0.4) is 0 Å². The van der Waals surface area contributed by atoms with Gasteiger partial charge in [0, 0.05) is 23.6 Å². The Labute approximate surface area is 146 Å². The fourth-order valence-corrected chi connectivity index (χ4v) is 4.08. The van der Waals surface area contributed by atoms with Gasteiger partial charge in [-0.1, -0.05) is 6.42 Å². The zero-order valence-electron chi connectivity index (χ0n) is 14.2. The van der Waals surface area contributed by atoms with Crippen LogP contribution in [0.4, 0.5) is 4.39 Å². The minimum atomic E-state index is -0.295. The lowest BCUT2D eigenvalue weighted by Crippen LogP contribution is -2.67. The van der Waals surface area contributed by atoms with Gasteiger partial charge in [-0.05, 0) is 56.5 Å². The number of carbonyl (C=O) groups is 1. The normalized spacial score (nSPS) is 23.8. The summed E-state index contributed by atoms with van der Waals surface area (Å²) >= 11 is 0. The predicted octanol–water partition coefficient (Wildman–Crippen LogP) is 3.29. The summed E-state index contributed by atoms with van der Waals surface area (Å²) in [7, 11) is 0. The maximum absolute atomic E-state index is 13.0. The van der Waals surface area contributed by atoms with E-state index in [1.54, 1.807) is 18.2 Å². The molecule has 2 aliphatic carbocycles. The van der Waals surface area contributed by atoms with E-state index in [1.807, 2.05) is 6.92 Å². The third-order valence-electron chi connectivity index (χ3n) is 5.71. The number of aromatic amines is 1. The first-order valence-corrected chi connectivity index (χ1v) is 8.86. The van der Waals surface area contributed by atoms with Gasteiger partial charge >= 0.3 is 0 Å². The number of nitrogens with one attached hydrogen (secondary N) is 2. The average Bonchev–Trinajstić information content (AvgIpc) is 3.03. The molecule has 4 rings (SSSR count). The Hall–Kier alpha value is -2.21. The molecular weight excluding hydrogens is 321 g/mol. The first kappa shape index (κ1) is 16.3. The van der Waals surface area contributed by atoms with Crippen molar-refractivity contribution in [3.63, 3.8) is 0 Å². The summed E-state index contributed by atoms with van der Waals surface area (Å²) in [6.45, 7) is 2.73. The summed E-state index contributed by atoms with van der Waals surface area (Å²) < 4.78 is 18.8. The summed E-state index contributed by atoms with van der Waals surface area (Å²) in [5.41, 5.74) is 1.95. The number of nitrogens with zero attached hydrogens (tertiary/aromatic N) is 1. The number of H-pyrrole nitrogens is 1. The summed E-state index contributed by atoms with van der Waals surface area (Å²) in [6.07, 6.45) is 4.58. The van der Waals surface area contributed by atoms with Gasteiger partial charge in [-0.3, -0.25) is 9.89 Å². The van der Waals surface area contributed by atoms with Crippen molar-refractivity contribution in [2.75, 3.05) is 6.61 Å². The molecule has 2 saturated carbocycles. The van der Waals surface area contributed by atoms with Crippen molar-refractivity contribution in [2.45, 2.75) is 44.8 Å². The fourth-order valence-electron chi connectivity index (χ4n) is 4.08. The van der Waals surface area contributed by atoms with Gasteiger partial charge in [-0.25, -0.2) is 4.39 Å². The molecule has 0 aliphatic heterocycles. The molecule has 0 saturated heterocycles. The van der Waals surface area contributed by atoms with Gasteiger partial charge in [0.1, 0.15) is 11.5 Å². The van der Waals surface area contributed by atoms with Crippen LogP contribution in [0.15, 0.2) is 30.3 Å². The van der Waals surface area contributed by atoms with E-state index in [0.717, 1.165) is 24.8 Å². The highest BCUT2D eigenvalue weighted by Crippen LogP contribution is 2.57. The molecule has 2 atom stereocenters. The highest BCUT2D eigenvalue weighted by molar-refractivity contribution is 5.93. The number of amides is 1. The highest BCUT2D eigenvalue weighted by atomic mass is 19.1. The van der Waals surface area contributed by atoms with Crippen LogP contribution in [-0.4, -0.2) is 34.9 Å². The van der Waals surface area contributed by atoms with Crippen LogP contribution < -0.4 is 5.32 Å². The minimum Gasteiger partial charge on any atom is -0.378 e. The Balaban J connectivity index is 1.43. The van der Waals surface area contributed by atoms with E-state index in [0.29, 0.717) is 18.0 Å². The number of hydrogen-bond donors (Lipinski definition) is 2. The number of halogens is 1. The summed E-state index contributed by atoms with van der Waals surface area (Å²) in [5, 5.41) is 10.1. The fraction of sp³-hybridized carbons (Fsp3) is 0.474. The van der Waals surface area contributed by atoms with E-state index in [9.17, 15) is 9.18 Å². The standard InChI is InChI=1S/C19H22FN3O2/c1-2-25-17-11-16(19(17)8-3-9-19)21-18(24)15-10-14(22-23-15)12-4-6-13(20)7-5-12/h4-7,10,16-17H,2-3,8-9,11H2,1H3,(H,21,24)(H,22,23). The zero-order chi connectivity index (χ0) is 17.4. The van der Waals surface area contributed by atoms with Gasteiger partial charge in [-0.15, -0.1) is 0 Å². The second kappa shape index (κ2) is 6.26. The summed E-state index contributed by atoms with van der Waals surface area (Å²) in [6, 6.07) is 7.93. The maximum atomic E-state index is 13.0. The Morgan fingerprint density at radius 2 is 2.16 bits per heavy atom. The Morgan fingerprint density at radius 1 is 1.40 bits per heavy atom. The van der Waals surface area contributed by atoms with Crippen molar-refractivity contribution in [3.8, 4) is 11.3 Å². The summed E-state index contributed by atoms with van der Waals surface area (Å²) in [4.78, 5) is 12.6. The predicted molar refractivity (Wildman–Crippen MR) is 91.6 cm³/mol. The van der Waals surface area contributed by atoms with Crippen LogP contribution in [0, 0.1) is 11.2 Å². The molecule has 5 nitrogen and oxygen atoms in total. The zero-order valence-corrected chi connectivity index (χ0v) is 14.2. The second-order valence-corrected chi connectivity index (χ2v) is 6.97. The van der Waals surface area contributed by atoms with Crippen LogP contribution in [-0.2, 0) is 4.74 Å². The Kier molecular flexibility index (Phi) is 4.07. The van der Waals surface area contributed by atoms with Gasteiger partial charge in [-0.2, -0.15) is 5.10 Å². The average molecular weight is 343 g/mol. The summed E-state index contributed by atoms with van der Waals surface area (Å²) in [5.74, 6) is -0.441. The molecular formula is C19H22FN3O2. The molecule has 2 aliphatic rings. The van der Waals surface area contributed by atoms with Gasteiger partial charge in [0.15, 0.2) is 0 Å². The smallest absolute Gasteiger partial charge is 0.269 e. The lowest BCUT2D eigenvalue weighted by molar-refractivity contribution is -0.169. The lowest BCUT2D eigenvalue weighted by atomic mass is 9.51. The number of hydrogen-bond acceptors (Lipinski definition) is 3. The van der Waals surface area contributed by atoms with Crippen molar-refractivity contribution < 1.29 is 13.9 Å². The van der Waals surface area contributed by atoms with E-state index >= 15 is 0 Å². The van der Waals surface area contributed by atoms with Gasteiger partial charge < -0.3 is 10.1 Å². The van der Waals surface area contributed by atoms with E-state index < -0.39 is 0 Å². The lowest BCUT2D eigenvalue weighted by Gasteiger charge is -2.60. The first-order chi connectivity index (χ1) is 12.1. The molecule has 2 unspecified atom stereocenters. The third-order valence-corrected chi connectivity index (χ3v) is 5.71. The SMILES string of the molecule is CCOC1CC(NC(=O)c2cc(-c3ccc(F)cc3)n[nH]2)C12CCC2. The Bertz CT molecular complexity index is 767. The molecule has 1 aromatic heterocycles. The topological polar surface area (TPSA) is 67.0 Å². The number of ether oxygens (including phenoxy) is 1. The molecule has 1 spiro atoms. The van der Waals surface area contributed by atoms with Crippen LogP contribution in [0.2, 0.25) is 0 Å². The van der Waals surface area contributed by atoms with E-state index in [2.05, 4.69) is 15.5 Å². The van der Waals surface area contributed by atoms with Crippen LogP contribution >= 0.6 is 0 Å². The third kappa shape index (κ3) is 2.74.